The summed E-state index contributed by atoms with van der Waals surface area (Å²) < 4.78 is 15.2. The second kappa shape index (κ2) is 5.89. The minimum absolute atomic E-state index is 0.216. The van der Waals surface area contributed by atoms with Crippen LogP contribution in [0.2, 0.25) is 0 Å². The highest BCUT2D eigenvalue weighted by atomic mass is 19.1. The molecule has 1 atom stereocenters. The standard InChI is InChI=1S/C17H15FN2O/c18-16-9-5-4-8-15(16)17(21)12-20-11-14(10-19-20)13-6-2-1-3-7-13/h1-11,17,21H,12H2. The molecule has 0 radical (unpaired) electrons. The summed E-state index contributed by atoms with van der Waals surface area (Å²) in [6.45, 7) is 0.216. The molecule has 0 bridgehead atoms. The summed E-state index contributed by atoms with van der Waals surface area (Å²) in [4.78, 5) is 0. The second-order valence-electron chi connectivity index (χ2n) is 4.85. The molecule has 3 rings (SSSR count). The van der Waals surface area contributed by atoms with Crippen LogP contribution in [0.25, 0.3) is 11.1 Å². The highest BCUT2D eigenvalue weighted by Gasteiger charge is 2.13. The lowest BCUT2D eigenvalue weighted by Crippen LogP contribution is -2.10. The summed E-state index contributed by atoms with van der Waals surface area (Å²) in [5.41, 5.74) is 2.31. The third-order valence-corrected chi connectivity index (χ3v) is 3.36. The van der Waals surface area contributed by atoms with Crippen molar-refractivity contribution in [3.05, 3.63) is 78.4 Å². The molecule has 1 heterocycles. The van der Waals surface area contributed by atoms with Gasteiger partial charge in [0.1, 0.15) is 11.9 Å². The van der Waals surface area contributed by atoms with E-state index in [0.717, 1.165) is 11.1 Å². The van der Waals surface area contributed by atoms with E-state index in [1.165, 1.54) is 6.07 Å². The lowest BCUT2D eigenvalue weighted by molar-refractivity contribution is 0.147. The van der Waals surface area contributed by atoms with Gasteiger partial charge in [-0.15, -0.1) is 0 Å². The van der Waals surface area contributed by atoms with Crippen molar-refractivity contribution in [1.29, 1.82) is 0 Å². The van der Waals surface area contributed by atoms with Crippen LogP contribution in [0.3, 0.4) is 0 Å². The minimum atomic E-state index is -0.922. The van der Waals surface area contributed by atoms with Gasteiger partial charge in [0.2, 0.25) is 0 Å². The highest BCUT2D eigenvalue weighted by Crippen LogP contribution is 2.21. The van der Waals surface area contributed by atoms with Crippen LogP contribution in [0.15, 0.2) is 67.0 Å². The fourth-order valence-corrected chi connectivity index (χ4v) is 2.26. The summed E-state index contributed by atoms with van der Waals surface area (Å²) in [5, 5.41) is 14.4. The third-order valence-electron chi connectivity index (χ3n) is 3.36. The summed E-state index contributed by atoms with van der Waals surface area (Å²) in [7, 11) is 0. The molecule has 0 saturated heterocycles. The molecule has 21 heavy (non-hydrogen) atoms. The zero-order valence-corrected chi connectivity index (χ0v) is 11.4. The number of halogens is 1. The molecular formula is C17H15FN2O. The van der Waals surface area contributed by atoms with Gasteiger partial charge in [-0.1, -0.05) is 48.5 Å². The van der Waals surface area contributed by atoms with Crippen LogP contribution in [0, 0.1) is 5.82 Å². The Labute approximate surface area is 122 Å². The molecule has 0 fully saturated rings. The zero-order valence-electron chi connectivity index (χ0n) is 11.4. The van der Waals surface area contributed by atoms with E-state index in [4.69, 9.17) is 0 Å². The third kappa shape index (κ3) is 3.01. The van der Waals surface area contributed by atoms with E-state index in [0.29, 0.717) is 0 Å². The van der Waals surface area contributed by atoms with E-state index >= 15 is 0 Å². The normalized spacial score (nSPS) is 12.3. The average molecular weight is 282 g/mol. The average Bonchev–Trinajstić information content (AvgIpc) is 2.97. The predicted octanol–water partition coefficient (Wildman–Crippen LogP) is 3.42. The Balaban J connectivity index is 1.77. The van der Waals surface area contributed by atoms with Gasteiger partial charge in [0, 0.05) is 17.3 Å². The first-order valence-electron chi connectivity index (χ1n) is 6.74. The van der Waals surface area contributed by atoms with Gasteiger partial charge in [-0.05, 0) is 11.6 Å². The number of aliphatic hydroxyl groups is 1. The number of aliphatic hydroxyl groups excluding tert-OH is 1. The first-order valence-corrected chi connectivity index (χ1v) is 6.74. The topological polar surface area (TPSA) is 38.0 Å². The van der Waals surface area contributed by atoms with Crippen LogP contribution in [0.5, 0.6) is 0 Å². The Kier molecular flexibility index (Phi) is 3.79. The van der Waals surface area contributed by atoms with Crippen molar-refractivity contribution in [2.45, 2.75) is 12.6 Å². The maximum absolute atomic E-state index is 13.6. The smallest absolute Gasteiger partial charge is 0.129 e. The second-order valence-corrected chi connectivity index (χ2v) is 4.85. The minimum Gasteiger partial charge on any atom is -0.386 e. The fraction of sp³-hybridized carbons (Fsp3) is 0.118. The van der Waals surface area contributed by atoms with Crippen molar-refractivity contribution in [1.82, 2.24) is 9.78 Å². The van der Waals surface area contributed by atoms with Gasteiger partial charge in [-0.3, -0.25) is 4.68 Å². The molecule has 0 aliphatic rings. The highest BCUT2D eigenvalue weighted by molar-refractivity contribution is 5.61. The van der Waals surface area contributed by atoms with Crippen molar-refractivity contribution in [2.24, 2.45) is 0 Å². The molecule has 3 aromatic rings. The largest absolute Gasteiger partial charge is 0.386 e. The SMILES string of the molecule is OC(Cn1cc(-c2ccccc2)cn1)c1ccccc1F. The molecule has 0 aliphatic carbocycles. The lowest BCUT2D eigenvalue weighted by Gasteiger charge is -2.11. The van der Waals surface area contributed by atoms with E-state index in [1.54, 1.807) is 29.1 Å². The number of nitrogens with zero attached hydrogens (tertiary/aromatic N) is 2. The van der Waals surface area contributed by atoms with Gasteiger partial charge in [-0.2, -0.15) is 5.10 Å². The zero-order chi connectivity index (χ0) is 14.7. The Morgan fingerprint density at radius 2 is 1.71 bits per heavy atom. The van der Waals surface area contributed by atoms with Crippen molar-refractivity contribution >= 4 is 0 Å². The van der Waals surface area contributed by atoms with Crippen molar-refractivity contribution in [3.63, 3.8) is 0 Å². The van der Waals surface area contributed by atoms with Crippen LogP contribution < -0.4 is 0 Å². The van der Waals surface area contributed by atoms with Gasteiger partial charge in [0.15, 0.2) is 0 Å². The molecule has 1 unspecified atom stereocenters. The summed E-state index contributed by atoms with van der Waals surface area (Å²) in [5.74, 6) is -0.402. The number of aromatic nitrogens is 2. The molecule has 0 spiro atoms. The first kappa shape index (κ1) is 13.5. The van der Waals surface area contributed by atoms with Crippen LogP contribution >= 0.6 is 0 Å². The number of benzene rings is 2. The Morgan fingerprint density at radius 3 is 2.48 bits per heavy atom. The summed E-state index contributed by atoms with van der Waals surface area (Å²) in [6, 6.07) is 16.1. The first-order chi connectivity index (χ1) is 10.2. The molecule has 3 nitrogen and oxygen atoms in total. The molecule has 1 aromatic heterocycles. The van der Waals surface area contributed by atoms with Gasteiger partial charge in [0.05, 0.1) is 12.7 Å². The monoisotopic (exact) mass is 282 g/mol. The number of hydrogen-bond acceptors (Lipinski definition) is 2. The van der Waals surface area contributed by atoms with Crippen LogP contribution in [0.1, 0.15) is 11.7 Å². The molecule has 2 aromatic carbocycles. The van der Waals surface area contributed by atoms with Gasteiger partial charge >= 0.3 is 0 Å². The van der Waals surface area contributed by atoms with E-state index < -0.39 is 11.9 Å². The molecule has 0 aliphatic heterocycles. The van der Waals surface area contributed by atoms with Crippen LogP contribution in [0.4, 0.5) is 4.39 Å². The van der Waals surface area contributed by atoms with E-state index in [2.05, 4.69) is 5.10 Å². The Bertz CT molecular complexity index is 724. The summed E-state index contributed by atoms with van der Waals surface area (Å²) >= 11 is 0. The number of rotatable bonds is 4. The lowest BCUT2D eigenvalue weighted by atomic mass is 10.1. The summed E-state index contributed by atoms with van der Waals surface area (Å²) in [6.07, 6.45) is 2.66. The van der Waals surface area contributed by atoms with Gasteiger partial charge < -0.3 is 5.11 Å². The van der Waals surface area contributed by atoms with Gasteiger partial charge in [0.25, 0.3) is 0 Å². The molecule has 0 saturated carbocycles. The number of hydrogen-bond donors (Lipinski definition) is 1. The Morgan fingerprint density at radius 1 is 1.00 bits per heavy atom. The maximum Gasteiger partial charge on any atom is 0.129 e. The Hall–Kier alpha value is -2.46. The molecular weight excluding hydrogens is 267 g/mol. The van der Waals surface area contributed by atoms with E-state index in [9.17, 15) is 9.50 Å². The fourth-order valence-electron chi connectivity index (χ4n) is 2.26. The van der Waals surface area contributed by atoms with Crippen molar-refractivity contribution in [3.8, 4) is 11.1 Å². The maximum atomic E-state index is 13.6. The van der Waals surface area contributed by atoms with Crippen LogP contribution in [-0.2, 0) is 6.54 Å². The van der Waals surface area contributed by atoms with Crippen LogP contribution in [-0.4, -0.2) is 14.9 Å². The molecule has 106 valence electrons. The predicted molar refractivity (Wildman–Crippen MR) is 79.0 cm³/mol. The van der Waals surface area contributed by atoms with Gasteiger partial charge in [-0.25, -0.2) is 4.39 Å². The quantitative estimate of drug-likeness (QED) is 0.796. The molecule has 4 heteroatoms. The van der Waals surface area contributed by atoms with E-state index in [-0.39, 0.29) is 12.1 Å². The van der Waals surface area contributed by atoms with Crippen molar-refractivity contribution in [2.75, 3.05) is 0 Å². The molecule has 0 amide bonds. The molecule has 1 N–H and O–H groups in total. The van der Waals surface area contributed by atoms with E-state index in [1.807, 2.05) is 36.5 Å². The van der Waals surface area contributed by atoms with Crippen molar-refractivity contribution < 1.29 is 9.50 Å².